The van der Waals surface area contributed by atoms with E-state index in [4.69, 9.17) is 16.3 Å². The number of imidazole rings is 1. The number of halogens is 1. The molecular weight excluding hydrogens is 326 g/mol. The fraction of sp³-hybridized carbons (Fsp3) is 0.333. The standard InChI is InChI=1S/C18H20ClN3O2/c1-4-12(5-2)22-16-15(11-7-6-8-13(9-11)24-3)14(19)10-20-17(16)21-18(22)23/h6-10,12H,4-5H2,1-3H3,(H,20,21,23). The third-order valence-corrected chi connectivity index (χ3v) is 4.64. The molecule has 0 unspecified atom stereocenters. The summed E-state index contributed by atoms with van der Waals surface area (Å²) in [7, 11) is 1.62. The van der Waals surface area contributed by atoms with E-state index < -0.39 is 0 Å². The predicted molar refractivity (Wildman–Crippen MR) is 97.0 cm³/mol. The van der Waals surface area contributed by atoms with Gasteiger partial charge in [0.15, 0.2) is 5.65 Å². The second-order valence-corrected chi connectivity index (χ2v) is 6.09. The zero-order valence-corrected chi connectivity index (χ0v) is 14.7. The molecule has 0 radical (unpaired) electrons. The second kappa shape index (κ2) is 6.69. The zero-order valence-electron chi connectivity index (χ0n) is 14.0. The lowest BCUT2D eigenvalue weighted by molar-refractivity contribution is 0.415. The number of pyridine rings is 1. The largest absolute Gasteiger partial charge is 0.497 e. The minimum Gasteiger partial charge on any atom is -0.497 e. The predicted octanol–water partition coefficient (Wildman–Crippen LogP) is 4.41. The van der Waals surface area contributed by atoms with Crippen LogP contribution in [0.5, 0.6) is 5.75 Å². The van der Waals surface area contributed by atoms with Gasteiger partial charge in [-0.2, -0.15) is 0 Å². The molecule has 0 atom stereocenters. The molecule has 0 aliphatic carbocycles. The van der Waals surface area contributed by atoms with Gasteiger partial charge in [-0.15, -0.1) is 0 Å². The first-order valence-electron chi connectivity index (χ1n) is 8.03. The minimum atomic E-state index is -0.155. The Morgan fingerprint density at radius 1 is 1.33 bits per heavy atom. The van der Waals surface area contributed by atoms with Gasteiger partial charge in [-0.1, -0.05) is 37.6 Å². The molecule has 0 amide bonds. The van der Waals surface area contributed by atoms with E-state index in [0.29, 0.717) is 10.7 Å². The fourth-order valence-electron chi connectivity index (χ4n) is 3.12. The van der Waals surface area contributed by atoms with Crippen molar-refractivity contribution < 1.29 is 4.74 Å². The van der Waals surface area contributed by atoms with Crippen LogP contribution in [0.25, 0.3) is 22.3 Å². The van der Waals surface area contributed by atoms with Crippen LogP contribution in [0.4, 0.5) is 0 Å². The molecule has 3 rings (SSSR count). The SMILES string of the molecule is CCC(CC)n1c(=O)[nH]c2ncc(Cl)c(-c3cccc(OC)c3)c21. The highest BCUT2D eigenvalue weighted by Crippen LogP contribution is 2.36. The summed E-state index contributed by atoms with van der Waals surface area (Å²) in [4.78, 5) is 19.7. The molecule has 0 spiro atoms. The molecule has 5 nitrogen and oxygen atoms in total. The van der Waals surface area contributed by atoms with Crippen LogP contribution >= 0.6 is 11.6 Å². The van der Waals surface area contributed by atoms with Crippen LogP contribution in [0.3, 0.4) is 0 Å². The van der Waals surface area contributed by atoms with Crippen molar-refractivity contribution in [2.75, 3.05) is 7.11 Å². The molecule has 0 saturated carbocycles. The summed E-state index contributed by atoms with van der Waals surface area (Å²) in [5.74, 6) is 0.737. The van der Waals surface area contributed by atoms with Gasteiger partial charge >= 0.3 is 5.69 Å². The summed E-state index contributed by atoms with van der Waals surface area (Å²) in [6, 6.07) is 7.74. The van der Waals surface area contributed by atoms with E-state index in [2.05, 4.69) is 23.8 Å². The number of ether oxygens (including phenoxy) is 1. The molecule has 2 aromatic heterocycles. The van der Waals surface area contributed by atoms with Crippen molar-refractivity contribution in [3.05, 3.63) is 46.0 Å². The van der Waals surface area contributed by atoms with Gasteiger partial charge in [0, 0.05) is 17.8 Å². The maximum atomic E-state index is 12.5. The molecule has 0 aliphatic rings. The number of nitrogens with zero attached hydrogens (tertiary/aromatic N) is 2. The van der Waals surface area contributed by atoms with Crippen molar-refractivity contribution in [2.45, 2.75) is 32.7 Å². The van der Waals surface area contributed by atoms with Crippen molar-refractivity contribution >= 4 is 22.8 Å². The Hall–Kier alpha value is -2.27. The summed E-state index contributed by atoms with van der Waals surface area (Å²) in [5, 5.41) is 0.509. The monoisotopic (exact) mass is 345 g/mol. The molecule has 1 N–H and O–H groups in total. The van der Waals surface area contributed by atoms with E-state index >= 15 is 0 Å². The Kier molecular flexibility index (Phi) is 4.62. The average molecular weight is 346 g/mol. The van der Waals surface area contributed by atoms with Crippen LogP contribution in [0.15, 0.2) is 35.3 Å². The van der Waals surface area contributed by atoms with Crippen LogP contribution < -0.4 is 10.4 Å². The van der Waals surface area contributed by atoms with Gasteiger partial charge in [-0.3, -0.25) is 9.55 Å². The quantitative estimate of drug-likeness (QED) is 0.744. The van der Waals surface area contributed by atoms with Crippen molar-refractivity contribution in [1.29, 1.82) is 0 Å². The molecule has 3 aromatic rings. The van der Waals surface area contributed by atoms with Crippen LogP contribution in [0, 0.1) is 0 Å². The van der Waals surface area contributed by atoms with Crippen LogP contribution in [-0.4, -0.2) is 21.6 Å². The van der Waals surface area contributed by atoms with Crippen LogP contribution in [0.2, 0.25) is 5.02 Å². The Bertz CT molecular complexity index is 926. The summed E-state index contributed by atoms with van der Waals surface area (Å²) in [6.45, 7) is 4.14. The van der Waals surface area contributed by atoms with Crippen molar-refractivity contribution in [2.24, 2.45) is 0 Å². The number of hydrogen-bond donors (Lipinski definition) is 1. The van der Waals surface area contributed by atoms with E-state index in [1.54, 1.807) is 17.9 Å². The van der Waals surface area contributed by atoms with Gasteiger partial charge in [0.05, 0.1) is 17.6 Å². The van der Waals surface area contributed by atoms with E-state index in [9.17, 15) is 4.79 Å². The molecule has 0 bridgehead atoms. The molecule has 0 fully saturated rings. The van der Waals surface area contributed by atoms with Gasteiger partial charge in [0.1, 0.15) is 5.75 Å². The highest BCUT2D eigenvalue weighted by atomic mass is 35.5. The second-order valence-electron chi connectivity index (χ2n) is 5.68. The highest BCUT2D eigenvalue weighted by molar-refractivity contribution is 6.34. The lowest BCUT2D eigenvalue weighted by atomic mass is 10.0. The van der Waals surface area contributed by atoms with E-state index in [-0.39, 0.29) is 11.7 Å². The van der Waals surface area contributed by atoms with Crippen molar-refractivity contribution in [1.82, 2.24) is 14.5 Å². The summed E-state index contributed by atoms with van der Waals surface area (Å²) in [6.07, 6.45) is 3.28. The number of fused-ring (bicyclic) bond motifs is 1. The molecule has 0 aliphatic heterocycles. The number of rotatable bonds is 5. The fourth-order valence-corrected chi connectivity index (χ4v) is 3.37. The highest BCUT2D eigenvalue weighted by Gasteiger charge is 2.21. The maximum absolute atomic E-state index is 12.5. The Balaban J connectivity index is 2.38. The van der Waals surface area contributed by atoms with Gasteiger partial charge < -0.3 is 4.74 Å². The number of nitrogens with one attached hydrogen (secondary N) is 1. The van der Waals surface area contributed by atoms with E-state index in [0.717, 1.165) is 35.2 Å². The van der Waals surface area contributed by atoms with Gasteiger partial charge in [-0.25, -0.2) is 9.78 Å². The zero-order chi connectivity index (χ0) is 17.3. The number of aromatic nitrogens is 3. The van der Waals surface area contributed by atoms with Crippen LogP contribution in [0.1, 0.15) is 32.7 Å². The Morgan fingerprint density at radius 2 is 2.08 bits per heavy atom. The lowest BCUT2D eigenvalue weighted by Gasteiger charge is -2.17. The number of H-pyrrole nitrogens is 1. The molecule has 0 saturated heterocycles. The first kappa shape index (κ1) is 16.6. The molecule has 1 aromatic carbocycles. The van der Waals surface area contributed by atoms with Gasteiger partial charge in [0.2, 0.25) is 0 Å². The third-order valence-electron chi connectivity index (χ3n) is 4.36. The molecule has 6 heteroatoms. The third kappa shape index (κ3) is 2.69. The molecule has 2 heterocycles. The van der Waals surface area contributed by atoms with Crippen molar-refractivity contribution in [3.63, 3.8) is 0 Å². The smallest absolute Gasteiger partial charge is 0.327 e. The normalized spacial score (nSPS) is 11.4. The number of benzene rings is 1. The van der Waals surface area contributed by atoms with Gasteiger partial charge in [0.25, 0.3) is 0 Å². The summed E-state index contributed by atoms with van der Waals surface area (Å²) in [5.41, 5.74) is 2.83. The Morgan fingerprint density at radius 3 is 2.75 bits per heavy atom. The lowest BCUT2D eigenvalue weighted by Crippen LogP contribution is -2.21. The molecule has 126 valence electrons. The Labute approximate surface area is 145 Å². The molecular formula is C18H20ClN3O2. The average Bonchev–Trinajstić information content (AvgIpc) is 2.92. The van der Waals surface area contributed by atoms with Crippen molar-refractivity contribution in [3.8, 4) is 16.9 Å². The van der Waals surface area contributed by atoms with Crippen LogP contribution in [-0.2, 0) is 0 Å². The number of hydrogen-bond acceptors (Lipinski definition) is 3. The maximum Gasteiger partial charge on any atom is 0.327 e. The molecule has 24 heavy (non-hydrogen) atoms. The first-order valence-corrected chi connectivity index (χ1v) is 8.41. The summed E-state index contributed by atoms with van der Waals surface area (Å²) < 4.78 is 7.10. The first-order chi connectivity index (χ1) is 11.6. The van der Waals surface area contributed by atoms with E-state index in [1.165, 1.54) is 0 Å². The number of aromatic amines is 1. The van der Waals surface area contributed by atoms with Gasteiger partial charge in [-0.05, 0) is 30.5 Å². The summed E-state index contributed by atoms with van der Waals surface area (Å²) >= 11 is 6.47. The minimum absolute atomic E-state index is 0.0934. The van der Waals surface area contributed by atoms with E-state index in [1.807, 2.05) is 24.3 Å². The number of methoxy groups -OCH3 is 1. The topological polar surface area (TPSA) is 59.9 Å².